The molecule has 92 valence electrons. The topological polar surface area (TPSA) is 17.1 Å². The number of carbonyl (C=O) groups excluding carboxylic acids is 1. The molecular weight excluding hydrogens is 215 g/mol. The molecule has 0 spiro atoms. The summed E-state index contributed by atoms with van der Waals surface area (Å²) in [6.07, 6.45) is 5.97. The third kappa shape index (κ3) is 4.94. The number of benzene rings is 1. The van der Waals surface area contributed by atoms with E-state index in [0.29, 0.717) is 0 Å². The average Bonchev–Trinajstić information content (AvgIpc) is 2.30. The summed E-state index contributed by atoms with van der Waals surface area (Å²) in [5.74, 6) is -0.150. The van der Waals surface area contributed by atoms with Crippen molar-refractivity contribution in [1.29, 1.82) is 0 Å². The van der Waals surface area contributed by atoms with Gasteiger partial charge in [0.05, 0.1) is 0 Å². The zero-order chi connectivity index (χ0) is 12.7. The Labute approximate surface area is 102 Å². The second-order valence-electron chi connectivity index (χ2n) is 4.23. The summed E-state index contributed by atoms with van der Waals surface area (Å²) in [6, 6.07) is 6.21. The van der Waals surface area contributed by atoms with Crippen LogP contribution < -0.4 is 0 Å². The van der Waals surface area contributed by atoms with Gasteiger partial charge < -0.3 is 0 Å². The highest BCUT2D eigenvalue weighted by molar-refractivity contribution is 5.97. The maximum Gasteiger partial charge on any atom is 0.155 e. The van der Waals surface area contributed by atoms with Crippen molar-refractivity contribution in [3.05, 3.63) is 41.2 Å². The Morgan fingerprint density at radius 2 is 1.88 bits per heavy atom. The Hall–Kier alpha value is -1.44. The van der Waals surface area contributed by atoms with Crippen molar-refractivity contribution in [2.75, 3.05) is 0 Å². The molecule has 0 heterocycles. The molecule has 0 aromatic heterocycles. The van der Waals surface area contributed by atoms with E-state index < -0.39 is 0 Å². The first kappa shape index (κ1) is 13.6. The van der Waals surface area contributed by atoms with Crippen molar-refractivity contribution in [3.63, 3.8) is 0 Å². The van der Waals surface area contributed by atoms with E-state index in [0.717, 1.165) is 36.8 Å². The lowest BCUT2D eigenvalue weighted by Gasteiger charge is -2.03. The van der Waals surface area contributed by atoms with Gasteiger partial charge in [-0.2, -0.15) is 0 Å². The number of allylic oxidation sites excluding steroid dienone is 1. The Balaban J connectivity index is 2.75. The summed E-state index contributed by atoms with van der Waals surface area (Å²) in [5, 5.41) is 0. The fraction of sp³-hybridized carbons (Fsp3) is 0.400. The first-order valence-corrected chi connectivity index (χ1v) is 6.10. The van der Waals surface area contributed by atoms with Gasteiger partial charge >= 0.3 is 0 Å². The summed E-state index contributed by atoms with van der Waals surface area (Å²) in [4.78, 5) is 11.5. The third-order valence-corrected chi connectivity index (χ3v) is 2.71. The predicted molar refractivity (Wildman–Crippen MR) is 69.2 cm³/mol. The smallest absolute Gasteiger partial charge is 0.155 e. The maximum absolute atomic E-state index is 12.7. The van der Waals surface area contributed by atoms with Crippen LogP contribution >= 0.6 is 0 Å². The van der Waals surface area contributed by atoms with E-state index in [-0.39, 0.29) is 11.6 Å². The highest BCUT2D eigenvalue weighted by Gasteiger charge is 2.03. The summed E-state index contributed by atoms with van der Waals surface area (Å²) in [5.41, 5.74) is 1.71. The monoisotopic (exact) mass is 234 g/mol. The summed E-state index contributed by atoms with van der Waals surface area (Å²) >= 11 is 0. The summed E-state index contributed by atoms with van der Waals surface area (Å²) in [6.45, 7) is 3.72. The molecule has 0 fully saturated rings. The van der Waals surface area contributed by atoms with Gasteiger partial charge in [0.25, 0.3) is 0 Å². The second kappa shape index (κ2) is 7.00. The van der Waals surface area contributed by atoms with Crippen LogP contribution in [0.3, 0.4) is 0 Å². The second-order valence-corrected chi connectivity index (χ2v) is 4.23. The molecule has 17 heavy (non-hydrogen) atoms. The van der Waals surface area contributed by atoms with Gasteiger partial charge in [0, 0.05) is 0 Å². The van der Waals surface area contributed by atoms with Gasteiger partial charge in [-0.25, -0.2) is 4.39 Å². The molecule has 0 saturated heterocycles. The molecule has 0 aliphatic rings. The van der Waals surface area contributed by atoms with E-state index in [9.17, 15) is 9.18 Å². The molecule has 0 amide bonds. The Bertz CT molecular complexity index is 390. The molecule has 2 heteroatoms. The van der Waals surface area contributed by atoms with Gasteiger partial charge in [0.15, 0.2) is 5.78 Å². The number of rotatable bonds is 6. The normalized spacial score (nSPS) is 11.6. The first-order valence-electron chi connectivity index (χ1n) is 6.10. The van der Waals surface area contributed by atoms with E-state index >= 15 is 0 Å². The Kier molecular flexibility index (Phi) is 5.61. The molecule has 1 rings (SSSR count). The van der Waals surface area contributed by atoms with Crippen LogP contribution in [-0.2, 0) is 4.79 Å². The lowest BCUT2D eigenvalue weighted by molar-refractivity contribution is -0.113. The number of hydrogen-bond donors (Lipinski definition) is 0. The molecule has 0 saturated carbocycles. The molecule has 0 bridgehead atoms. The van der Waals surface area contributed by atoms with Crippen LogP contribution in [0.2, 0.25) is 0 Å². The number of ketones is 1. The van der Waals surface area contributed by atoms with Gasteiger partial charge in [-0.3, -0.25) is 4.79 Å². The molecule has 1 aromatic carbocycles. The van der Waals surface area contributed by atoms with Crippen molar-refractivity contribution < 1.29 is 9.18 Å². The largest absolute Gasteiger partial charge is 0.295 e. The van der Waals surface area contributed by atoms with E-state index in [1.54, 1.807) is 19.1 Å². The Morgan fingerprint density at radius 1 is 1.24 bits per heavy atom. The highest BCUT2D eigenvalue weighted by atomic mass is 19.1. The zero-order valence-corrected chi connectivity index (χ0v) is 10.5. The lowest BCUT2D eigenvalue weighted by atomic mass is 10.0. The molecule has 0 N–H and O–H groups in total. The van der Waals surface area contributed by atoms with E-state index in [1.807, 2.05) is 6.08 Å². The molecule has 0 aliphatic carbocycles. The van der Waals surface area contributed by atoms with Crippen LogP contribution in [0.1, 0.15) is 45.1 Å². The quantitative estimate of drug-likeness (QED) is 0.527. The highest BCUT2D eigenvalue weighted by Crippen LogP contribution is 2.15. The summed E-state index contributed by atoms with van der Waals surface area (Å²) < 4.78 is 12.7. The molecule has 0 unspecified atom stereocenters. The van der Waals surface area contributed by atoms with E-state index in [4.69, 9.17) is 0 Å². The molecule has 0 aliphatic heterocycles. The van der Waals surface area contributed by atoms with Crippen LogP contribution in [-0.4, -0.2) is 5.78 Å². The summed E-state index contributed by atoms with van der Waals surface area (Å²) in [7, 11) is 0. The molecule has 0 radical (unpaired) electrons. The van der Waals surface area contributed by atoms with Crippen LogP contribution in [0.25, 0.3) is 6.08 Å². The van der Waals surface area contributed by atoms with Crippen LogP contribution in [0.15, 0.2) is 29.8 Å². The fourth-order valence-electron chi connectivity index (χ4n) is 1.68. The lowest BCUT2D eigenvalue weighted by Crippen LogP contribution is -1.96. The number of unbranched alkanes of at least 4 members (excludes halogenated alkanes) is 2. The van der Waals surface area contributed by atoms with Gasteiger partial charge in [-0.15, -0.1) is 0 Å². The molecular formula is C15H19FO. The first-order chi connectivity index (χ1) is 8.13. The van der Waals surface area contributed by atoms with Crippen LogP contribution in [0, 0.1) is 5.82 Å². The van der Waals surface area contributed by atoms with Crippen molar-refractivity contribution in [1.82, 2.24) is 0 Å². The van der Waals surface area contributed by atoms with Crippen LogP contribution in [0.4, 0.5) is 4.39 Å². The predicted octanol–water partition coefficient (Wildman–Crippen LogP) is 4.38. The van der Waals surface area contributed by atoms with Crippen LogP contribution in [0.5, 0.6) is 0 Å². The number of carbonyl (C=O) groups is 1. The fourth-order valence-corrected chi connectivity index (χ4v) is 1.68. The number of hydrogen-bond acceptors (Lipinski definition) is 1. The van der Waals surface area contributed by atoms with Gasteiger partial charge in [-0.05, 0) is 49.1 Å². The van der Waals surface area contributed by atoms with Crippen molar-refractivity contribution in [3.8, 4) is 0 Å². The number of Topliss-reactive ketones (excluding diaryl/α,β-unsaturated/α-hetero) is 1. The van der Waals surface area contributed by atoms with Crippen molar-refractivity contribution in [2.24, 2.45) is 0 Å². The maximum atomic E-state index is 12.7. The SMILES string of the molecule is CCCCC/C(=C\c1ccc(F)cc1)C(C)=O. The van der Waals surface area contributed by atoms with Crippen molar-refractivity contribution in [2.45, 2.75) is 39.5 Å². The van der Waals surface area contributed by atoms with Crippen molar-refractivity contribution >= 4 is 11.9 Å². The minimum Gasteiger partial charge on any atom is -0.295 e. The zero-order valence-electron chi connectivity index (χ0n) is 10.5. The third-order valence-electron chi connectivity index (χ3n) is 2.71. The van der Waals surface area contributed by atoms with Gasteiger partial charge in [0.2, 0.25) is 0 Å². The van der Waals surface area contributed by atoms with Gasteiger partial charge in [-0.1, -0.05) is 31.9 Å². The molecule has 1 aromatic rings. The molecule has 0 atom stereocenters. The van der Waals surface area contributed by atoms with Gasteiger partial charge in [0.1, 0.15) is 5.82 Å². The minimum absolute atomic E-state index is 0.102. The number of halogens is 1. The standard InChI is InChI=1S/C15H19FO/c1-3-4-5-6-14(12(2)17)11-13-7-9-15(16)10-8-13/h7-11H,3-6H2,1-2H3/b14-11+. The average molecular weight is 234 g/mol. The molecule has 1 nitrogen and oxygen atoms in total. The Morgan fingerprint density at radius 3 is 2.41 bits per heavy atom. The van der Waals surface area contributed by atoms with E-state index in [2.05, 4.69) is 6.92 Å². The minimum atomic E-state index is -0.252. The van der Waals surface area contributed by atoms with E-state index in [1.165, 1.54) is 12.1 Å².